The lowest BCUT2D eigenvalue weighted by Gasteiger charge is -2.17. The van der Waals surface area contributed by atoms with Gasteiger partial charge in [-0.2, -0.15) is 0 Å². The normalized spacial score (nSPS) is 23.0. The van der Waals surface area contributed by atoms with Crippen LogP contribution in [0.5, 0.6) is 0 Å². The first-order valence-electron chi connectivity index (χ1n) is 8.19. The summed E-state index contributed by atoms with van der Waals surface area (Å²) in [6.45, 7) is 7.60. The Kier molecular flexibility index (Phi) is 12.5. The van der Waals surface area contributed by atoms with Crippen molar-refractivity contribution in [2.24, 2.45) is 0 Å². The second-order valence-electron chi connectivity index (χ2n) is 6.03. The molecule has 1 aliphatic rings. The lowest BCUT2D eigenvalue weighted by molar-refractivity contribution is -0.910. The number of rotatable bonds is 10. The average molecular weight is 276 g/mol. The first kappa shape index (κ1) is 18.2. The van der Waals surface area contributed by atoms with Crippen molar-refractivity contribution >= 4 is 0 Å². The number of quaternary nitrogens is 1. The molecule has 1 heterocycles. The van der Waals surface area contributed by atoms with Gasteiger partial charge in [-0.3, -0.25) is 0 Å². The summed E-state index contributed by atoms with van der Waals surface area (Å²) in [5.41, 5.74) is 0. The average Bonchev–Trinajstić information content (AvgIpc) is 2.73. The third-order valence-corrected chi connectivity index (χ3v) is 4.43. The Balaban J connectivity index is 0.00000289. The van der Waals surface area contributed by atoms with Crippen LogP contribution >= 0.6 is 0 Å². The van der Waals surface area contributed by atoms with Crippen LogP contribution in [0.1, 0.15) is 84.5 Å². The number of halogens is 1. The van der Waals surface area contributed by atoms with E-state index >= 15 is 0 Å². The Morgan fingerprint density at radius 2 is 1.44 bits per heavy atom. The van der Waals surface area contributed by atoms with E-state index in [0.29, 0.717) is 0 Å². The monoisotopic (exact) mass is 275 g/mol. The van der Waals surface area contributed by atoms with Crippen LogP contribution in [-0.4, -0.2) is 19.1 Å². The fraction of sp³-hybridized carbons (Fsp3) is 1.00. The predicted octanol–water partition coefficient (Wildman–Crippen LogP) is 0.588. The van der Waals surface area contributed by atoms with Gasteiger partial charge in [0.1, 0.15) is 0 Å². The molecule has 2 unspecified atom stereocenters. The van der Waals surface area contributed by atoms with E-state index in [4.69, 9.17) is 0 Å². The van der Waals surface area contributed by atoms with E-state index in [9.17, 15) is 0 Å². The van der Waals surface area contributed by atoms with Gasteiger partial charge in [-0.1, -0.05) is 51.9 Å². The Hall–Kier alpha value is 0.250. The van der Waals surface area contributed by atoms with E-state index in [1.54, 1.807) is 0 Å². The highest BCUT2D eigenvalue weighted by molar-refractivity contribution is 4.56. The highest BCUT2D eigenvalue weighted by atomic mass is 35.5. The van der Waals surface area contributed by atoms with E-state index in [1.807, 2.05) is 4.90 Å². The number of unbranched alkanes of at least 4 members (excludes halogenated alkanes) is 8. The molecule has 0 aliphatic carbocycles. The van der Waals surface area contributed by atoms with Crippen molar-refractivity contribution in [1.82, 2.24) is 0 Å². The maximum absolute atomic E-state index is 2.43. The van der Waals surface area contributed by atoms with Crippen LogP contribution in [0.3, 0.4) is 0 Å². The van der Waals surface area contributed by atoms with Crippen molar-refractivity contribution < 1.29 is 17.3 Å². The Labute approximate surface area is 121 Å². The minimum absolute atomic E-state index is 0. The molecule has 1 saturated heterocycles. The molecule has 0 amide bonds. The van der Waals surface area contributed by atoms with Gasteiger partial charge in [0, 0.05) is 12.8 Å². The Morgan fingerprint density at radius 1 is 0.889 bits per heavy atom. The summed E-state index contributed by atoms with van der Waals surface area (Å²) in [6.07, 6.45) is 16.1. The van der Waals surface area contributed by atoms with Crippen molar-refractivity contribution in [3.05, 3.63) is 0 Å². The molecule has 1 rings (SSSR count). The Bertz CT molecular complexity index is 172. The van der Waals surface area contributed by atoms with Crippen LogP contribution in [-0.2, 0) is 0 Å². The van der Waals surface area contributed by atoms with E-state index in [1.165, 1.54) is 83.7 Å². The Morgan fingerprint density at radius 3 is 1.94 bits per heavy atom. The quantitative estimate of drug-likeness (QED) is 0.557. The number of hydrogen-bond acceptors (Lipinski definition) is 0. The van der Waals surface area contributed by atoms with Gasteiger partial charge in [0.2, 0.25) is 0 Å². The molecule has 0 aromatic carbocycles. The highest BCUT2D eigenvalue weighted by Crippen LogP contribution is 2.09. The molecule has 18 heavy (non-hydrogen) atoms. The van der Waals surface area contributed by atoms with Crippen molar-refractivity contribution in [3.63, 3.8) is 0 Å². The zero-order valence-electron chi connectivity index (χ0n) is 12.6. The fourth-order valence-corrected chi connectivity index (χ4v) is 3.12. The summed E-state index contributed by atoms with van der Waals surface area (Å²) in [7, 11) is 0. The molecule has 2 atom stereocenters. The molecule has 1 aliphatic heterocycles. The van der Waals surface area contributed by atoms with Gasteiger partial charge in [0.05, 0.1) is 19.1 Å². The lowest BCUT2D eigenvalue weighted by Crippen LogP contribution is -3.13. The van der Waals surface area contributed by atoms with Crippen LogP contribution in [0, 0.1) is 0 Å². The second kappa shape index (κ2) is 12.3. The van der Waals surface area contributed by atoms with E-state index in [2.05, 4.69) is 13.8 Å². The summed E-state index contributed by atoms with van der Waals surface area (Å²) in [5, 5.41) is 0. The van der Waals surface area contributed by atoms with Gasteiger partial charge >= 0.3 is 0 Å². The minimum atomic E-state index is 0. The van der Waals surface area contributed by atoms with Gasteiger partial charge < -0.3 is 17.3 Å². The molecule has 0 bridgehead atoms. The topological polar surface area (TPSA) is 4.44 Å². The van der Waals surface area contributed by atoms with Gasteiger partial charge in [0.25, 0.3) is 0 Å². The molecule has 110 valence electrons. The molecular formula is C16H34ClN. The number of hydrogen-bond donors (Lipinski definition) is 1. The third-order valence-electron chi connectivity index (χ3n) is 4.43. The molecule has 0 radical (unpaired) electrons. The van der Waals surface area contributed by atoms with Crippen LogP contribution in [0.25, 0.3) is 0 Å². The van der Waals surface area contributed by atoms with Gasteiger partial charge in [0.15, 0.2) is 0 Å². The maximum atomic E-state index is 2.43. The molecule has 0 aromatic heterocycles. The van der Waals surface area contributed by atoms with Gasteiger partial charge in [-0.15, -0.1) is 0 Å². The van der Waals surface area contributed by atoms with E-state index in [0.717, 1.165) is 6.04 Å². The van der Waals surface area contributed by atoms with Crippen molar-refractivity contribution in [2.45, 2.75) is 90.5 Å². The summed E-state index contributed by atoms with van der Waals surface area (Å²) in [6, 6.07) is 0.948. The first-order valence-corrected chi connectivity index (χ1v) is 8.19. The van der Waals surface area contributed by atoms with Crippen LogP contribution < -0.4 is 17.3 Å². The molecule has 0 aromatic rings. The number of nitrogens with one attached hydrogen (secondary N) is 1. The van der Waals surface area contributed by atoms with Crippen LogP contribution in [0.4, 0.5) is 0 Å². The molecule has 1 N–H and O–H groups in total. The van der Waals surface area contributed by atoms with Crippen LogP contribution in [0.15, 0.2) is 0 Å². The second-order valence-corrected chi connectivity index (χ2v) is 6.03. The van der Waals surface area contributed by atoms with Crippen LogP contribution in [0.2, 0.25) is 0 Å². The largest absolute Gasteiger partial charge is 1.00 e. The zero-order chi connectivity index (χ0) is 12.3. The molecule has 2 heteroatoms. The minimum Gasteiger partial charge on any atom is -1.00 e. The zero-order valence-corrected chi connectivity index (χ0v) is 13.4. The molecule has 0 spiro atoms. The molecule has 0 saturated carbocycles. The number of likely N-dealkylation sites (tertiary alicyclic amines) is 1. The van der Waals surface area contributed by atoms with E-state index < -0.39 is 0 Å². The summed E-state index contributed by atoms with van der Waals surface area (Å²) in [5.74, 6) is 0. The van der Waals surface area contributed by atoms with Gasteiger partial charge in [-0.25, -0.2) is 0 Å². The molecular weight excluding hydrogens is 242 g/mol. The molecule has 1 fully saturated rings. The van der Waals surface area contributed by atoms with Crippen molar-refractivity contribution in [3.8, 4) is 0 Å². The van der Waals surface area contributed by atoms with E-state index in [-0.39, 0.29) is 12.4 Å². The third kappa shape index (κ3) is 8.37. The predicted molar refractivity (Wildman–Crippen MR) is 76.6 cm³/mol. The summed E-state index contributed by atoms with van der Waals surface area (Å²) < 4.78 is 0. The van der Waals surface area contributed by atoms with Gasteiger partial charge in [-0.05, 0) is 19.8 Å². The lowest BCUT2D eigenvalue weighted by atomic mass is 10.1. The highest BCUT2D eigenvalue weighted by Gasteiger charge is 2.22. The standard InChI is InChI=1S/C16H33N.ClH/c1-3-4-5-6-7-8-9-10-11-14-17-15-12-13-16(17)2;/h16H,3-15H2,1-2H3;1H. The van der Waals surface area contributed by atoms with Crippen molar-refractivity contribution in [1.29, 1.82) is 0 Å². The molecule has 1 nitrogen and oxygen atoms in total. The van der Waals surface area contributed by atoms with Crippen molar-refractivity contribution in [2.75, 3.05) is 13.1 Å². The summed E-state index contributed by atoms with van der Waals surface area (Å²) >= 11 is 0. The summed E-state index contributed by atoms with van der Waals surface area (Å²) in [4.78, 5) is 1.88. The first-order chi connectivity index (χ1) is 8.34. The maximum Gasteiger partial charge on any atom is 0.0848 e. The SMILES string of the molecule is CCCCCCCCCCC[NH+]1CCCC1C.[Cl-]. The fourth-order valence-electron chi connectivity index (χ4n) is 3.12. The smallest absolute Gasteiger partial charge is 0.0848 e.